The quantitative estimate of drug-likeness (QED) is 0.636. The number of carbonyl (C=O) groups is 1. The van der Waals surface area contributed by atoms with E-state index >= 15 is 0 Å². The Bertz CT molecular complexity index is 191. The number of hydrogen-bond donors (Lipinski definition) is 0. The molecule has 0 aromatic rings. The summed E-state index contributed by atoms with van der Waals surface area (Å²) in [4.78, 5) is 15.8. The molecule has 1 aliphatic rings. The molecule has 2 atom stereocenters. The van der Waals surface area contributed by atoms with Gasteiger partial charge in [-0.05, 0) is 47.0 Å². The summed E-state index contributed by atoms with van der Waals surface area (Å²) in [5, 5.41) is 0. The number of likely N-dealkylation sites (tertiary alicyclic amines) is 1. The van der Waals surface area contributed by atoms with Crippen molar-refractivity contribution < 1.29 is 4.79 Å². The first-order valence-electron chi connectivity index (χ1n) is 4.87. The molecule has 0 amide bonds. The monoisotopic (exact) mass is 184 g/mol. The van der Waals surface area contributed by atoms with Crippen LogP contribution in [0.25, 0.3) is 0 Å². The lowest BCUT2D eigenvalue weighted by Crippen LogP contribution is -2.41. The Balaban J connectivity index is 2.60. The lowest BCUT2D eigenvalue weighted by atomic mass is 9.95. The molecule has 0 aliphatic carbocycles. The summed E-state index contributed by atoms with van der Waals surface area (Å²) < 4.78 is 0. The number of likely N-dealkylation sites (N-methyl/N-ethyl adjacent to an activating group) is 1. The Morgan fingerprint density at radius 1 is 1.54 bits per heavy atom. The number of carbonyl (C=O) groups excluding carboxylic acids is 1. The second kappa shape index (κ2) is 4.20. The molecule has 0 saturated carbocycles. The van der Waals surface area contributed by atoms with Crippen molar-refractivity contribution in [3.05, 3.63) is 0 Å². The zero-order valence-corrected chi connectivity index (χ0v) is 9.08. The van der Waals surface area contributed by atoms with Gasteiger partial charge in [0.2, 0.25) is 0 Å². The Labute approximate surface area is 80.7 Å². The molecule has 0 spiro atoms. The molecule has 76 valence electrons. The molecule has 1 aliphatic heterocycles. The van der Waals surface area contributed by atoms with Crippen LogP contribution >= 0.6 is 0 Å². The first kappa shape index (κ1) is 10.7. The standard InChI is InChI=1S/C10H20N2O/c1-8(13)10(11(2)3)9-5-6-12(4)7-9/h9-10H,5-7H2,1-4H3. The zero-order chi connectivity index (χ0) is 10.0. The van der Waals surface area contributed by atoms with Gasteiger partial charge in [0.05, 0.1) is 6.04 Å². The van der Waals surface area contributed by atoms with E-state index in [1.165, 1.54) is 0 Å². The molecule has 3 nitrogen and oxygen atoms in total. The third-order valence-corrected chi connectivity index (χ3v) is 2.85. The van der Waals surface area contributed by atoms with Crippen LogP contribution in [0.1, 0.15) is 13.3 Å². The highest BCUT2D eigenvalue weighted by Crippen LogP contribution is 2.21. The molecule has 3 heteroatoms. The van der Waals surface area contributed by atoms with E-state index in [-0.39, 0.29) is 6.04 Å². The number of nitrogens with zero attached hydrogens (tertiary/aromatic N) is 2. The summed E-state index contributed by atoms with van der Waals surface area (Å²) in [6, 6.07) is 0.116. The predicted molar refractivity (Wildman–Crippen MR) is 53.8 cm³/mol. The first-order chi connectivity index (χ1) is 6.02. The average molecular weight is 184 g/mol. The van der Waals surface area contributed by atoms with Crippen LogP contribution in [0.5, 0.6) is 0 Å². The fraction of sp³-hybridized carbons (Fsp3) is 0.900. The SMILES string of the molecule is CC(=O)C(C1CCN(C)C1)N(C)C. The van der Waals surface area contributed by atoms with Crippen molar-refractivity contribution in [3.63, 3.8) is 0 Å². The minimum Gasteiger partial charge on any atom is -0.306 e. The molecule has 1 saturated heterocycles. The van der Waals surface area contributed by atoms with Gasteiger partial charge in [0.15, 0.2) is 0 Å². The molecule has 1 heterocycles. The van der Waals surface area contributed by atoms with Gasteiger partial charge in [-0.1, -0.05) is 0 Å². The van der Waals surface area contributed by atoms with Crippen LogP contribution in [0.4, 0.5) is 0 Å². The Morgan fingerprint density at radius 3 is 2.46 bits per heavy atom. The van der Waals surface area contributed by atoms with Gasteiger partial charge in [0.25, 0.3) is 0 Å². The Hall–Kier alpha value is -0.410. The summed E-state index contributed by atoms with van der Waals surface area (Å²) in [6.45, 7) is 3.88. The number of ketones is 1. The molecule has 1 fully saturated rings. The predicted octanol–water partition coefficient (Wildman–Crippen LogP) is 0.457. The van der Waals surface area contributed by atoms with Crippen LogP contribution in [0.3, 0.4) is 0 Å². The molecule has 0 N–H and O–H groups in total. The summed E-state index contributed by atoms with van der Waals surface area (Å²) in [5.74, 6) is 0.822. The zero-order valence-electron chi connectivity index (χ0n) is 9.08. The van der Waals surface area contributed by atoms with E-state index in [1.807, 2.05) is 19.0 Å². The molecule has 13 heavy (non-hydrogen) atoms. The fourth-order valence-corrected chi connectivity index (χ4v) is 2.34. The molecular formula is C10H20N2O. The van der Waals surface area contributed by atoms with Crippen LogP contribution in [0.15, 0.2) is 0 Å². The maximum atomic E-state index is 11.4. The van der Waals surface area contributed by atoms with E-state index in [9.17, 15) is 4.79 Å². The second-order valence-corrected chi connectivity index (χ2v) is 4.33. The van der Waals surface area contributed by atoms with Gasteiger partial charge in [-0.2, -0.15) is 0 Å². The van der Waals surface area contributed by atoms with Gasteiger partial charge < -0.3 is 4.90 Å². The Morgan fingerprint density at radius 2 is 2.15 bits per heavy atom. The van der Waals surface area contributed by atoms with Crippen LogP contribution in [0, 0.1) is 5.92 Å². The normalized spacial score (nSPS) is 26.7. The second-order valence-electron chi connectivity index (χ2n) is 4.33. The van der Waals surface area contributed by atoms with Crippen molar-refractivity contribution in [2.24, 2.45) is 5.92 Å². The third-order valence-electron chi connectivity index (χ3n) is 2.85. The van der Waals surface area contributed by atoms with E-state index in [4.69, 9.17) is 0 Å². The number of Topliss-reactive ketones (excluding diaryl/α,β-unsaturated/α-hetero) is 1. The molecule has 0 bridgehead atoms. The van der Waals surface area contributed by atoms with Crippen molar-refractivity contribution in [3.8, 4) is 0 Å². The largest absolute Gasteiger partial charge is 0.306 e. The molecule has 2 unspecified atom stereocenters. The van der Waals surface area contributed by atoms with Crippen LogP contribution < -0.4 is 0 Å². The maximum Gasteiger partial charge on any atom is 0.147 e. The van der Waals surface area contributed by atoms with Gasteiger partial charge in [-0.3, -0.25) is 9.69 Å². The van der Waals surface area contributed by atoms with Crippen molar-refractivity contribution in [2.75, 3.05) is 34.2 Å². The van der Waals surface area contributed by atoms with Gasteiger partial charge in [0, 0.05) is 6.54 Å². The molecule has 1 rings (SSSR count). The smallest absolute Gasteiger partial charge is 0.147 e. The van der Waals surface area contributed by atoms with Crippen molar-refractivity contribution in [2.45, 2.75) is 19.4 Å². The average Bonchev–Trinajstić information content (AvgIpc) is 2.34. The highest BCUT2D eigenvalue weighted by atomic mass is 16.1. The fourth-order valence-electron chi connectivity index (χ4n) is 2.34. The van der Waals surface area contributed by atoms with Gasteiger partial charge in [0.1, 0.15) is 5.78 Å². The highest BCUT2D eigenvalue weighted by molar-refractivity contribution is 5.81. The minimum absolute atomic E-state index is 0.116. The molecule has 0 radical (unpaired) electrons. The van der Waals surface area contributed by atoms with Crippen LogP contribution in [0.2, 0.25) is 0 Å². The maximum absolute atomic E-state index is 11.4. The van der Waals surface area contributed by atoms with Gasteiger partial charge in [-0.25, -0.2) is 0 Å². The summed E-state index contributed by atoms with van der Waals surface area (Å²) in [7, 11) is 6.10. The summed E-state index contributed by atoms with van der Waals surface area (Å²) >= 11 is 0. The number of rotatable bonds is 3. The lowest BCUT2D eigenvalue weighted by Gasteiger charge is -2.27. The first-order valence-corrected chi connectivity index (χ1v) is 4.87. The molecule has 0 aromatic heterocycles. The van der Waals surface area contributed by atoms with E-state index in [1.54, 1.807) is 6.92 Å². The van der Waals surface area contributed by atoms with Crippen molar-refractivity contribution >= 4 is 5.78 Å². The molecule has 0 aromatic carbocycles. The summed E-state index contributed by atoms with van der Waals surface area (Å²) in [5.41, 5.74) is 0. The third kappa shape index (κ3) is 2.51. The van der Waals surface area contributed by atoms with Gasteiger partial charge in [-0.15, -0.1) is 0 Å². The van der Waals surface area contributed by atoms with Crippen molar-refractivity contribution in [1.82, 2.24) is 9.80 Å². The highest BCUT2D eigenvalue weighted by Gasteiger charge is 2.31. The van der Waals surface area contributed by atoms with Crippen molar-refractivity contribution in [1.29, 1.82) is 0 Å². The van der Waals surface area contributed by atoms with E-state index in [0.717, 1.165) is 19.5 Å². The van der Waals surface area contributed by atoms with E-state index < -0.39 is 0 Å². The molecular weight excluding hydrogens is 164 g/mol. The lowest BCUT2D eigenvalue weighted by molar-refractivity contribution is -0.122. The van der Waals surface area contributed by atoms with E-state index in [0.29, 0.717) is 11.7 Å². The van der Waals surface area contributed by atoms with E-state index in [2.05, 4.69) is 11.9 Å². The minimum atomic E-state index is 0.116. The number of hydrogen-bond acceptors (Lipinski definition) is 3. The van der Waals surface area contributed by atoms with Crippen LogP contribution in [-0.4, -0.2) is 55.9 Å². The summed E-state index contributed by atoms with van der Waals surface area (Å²) in [6.07, 6.45) is 1.15. The van der Waals surface area contributed by atoms with Gasteiger partial charge >= 0.3 is 0 Å². The topological polar surface area (TPSA) is 23.6 Å². The van der Waals surface area contributed by atoms with Crippen LogP contribution in [-0.2, 0) is 4.79 Å². The Kier molecular flexibility index (Phi) is 3.45.